The van der Waals surface area contributed by atoms with Gasteiger partial charge in [0.15, 0.2) is 0 Å². The summed E-state index contributed by atoms with van der Waals surface area (Å²) in [7, 11) is 3.35. The fourth-order valence-electron chi connectivity index (χ4n) is 0.926. The van der Waals surface area contributed by atoms with Crippen molar-refractivity contribution in [3.63, 3.8) is 0 Å². The number of carbonyl (C=O) groups is 1. The Balaban J connectivity index is 3.04. The average molecular weight is 165 g/mol. The van der Waals surface area contributed by atoms with Gasteiger partial charge in [-0.25, -0.2) is 0 Å². The zero-order chi connectivity index (χ0) is 8.97. The van der Waals surface area contributed by atoms with Gasteiger partial charge in [-0.15, -0.1) is 0 Å². The van der Waals surface area contributed by atoms with Crippen molar-refractivity contribution in [2.75, 3.05) is 19.4 Å². The predicted molar refractivity (Wildman–Crippen MR) is 47.2 cm³/mol. The smallest absolute Gasteiger partial charge is 0.253 e. The first-order valence-electron chi connectivity index (χ1n) is 3.63. The lowest BCUT2D eigenvalue weighted by Gasteiger charge is -2.05. The largest absolute Gasteiger partial charge is 0.386 e. The van der Waals surface area contributed by atoms with Crippen LogP contribution in [0.5, 0.6) is 0 Å². The van der Waals surface area contributed by atoms with Gasteiger partial charge in [-0.1, -0.05) is 0 Å². The predicted octanol–water partition coefficient (Wildman–Crippen LogP) is 0.483. The van der Waals surface area contributed by atoms with Crippen LogP contribution in [0.25, 0.3) is 0 Å². The third kappa shape index (κ3) is 1.53. The molecular formula is C8H11N3O. The first-order chi connectivity index (χ1) is 5.79. The summed E-state index contributed by atoms with van der Waals surface area (Å²) in [6, 6.07) is 1.67. The summed E-state index contributed by atoms with van der Waals surface area (Å²) in [6.45, 7) is 0. The number of hydrogen-bond donors (Lipinski definition) is 2. The van der Waals surface area contributed by atoms with E-state index in [1.165, 1.54) is 0 Å². The van der Waals surface area contributed by atoms with Gasteiger partial charge in [-0.05, 0) is 6.07 Å². The second-order valence-electron chi connectivity index (χ2n) is 2.25. The van der Waals surface area contributed by atoms with E-state index in [2.05, 4.69) is 15.6 Å². The van der Waals surface area contributed by atoms with Crippen molar-refractivity contribution < 1.29 is 4.79 Å². The molecule has 1 amide bonds. The molecule has 1 heterocycles. The van der Waals surface area contributed by atoms with Crippen LogP contribution in [0, 0.1) is 0 Å². The van der Waals surface area contributed by atoms with E-state index in [9.17, 15) is 4.79 Å². The number of rotatable bonds is 2. The lowest BCUT2D eigenvalue weighted by molar-refractivity contribution is 0.0964. The highest BCUT2D eigenvalue weighted by molar-refractivity contribution is 5.99. The van der Waals surface area contributed by atoms with Crippen molar-refractivity contribution in [2.45, 2.75) is 0 Å². The van der Waals surface area contributed by atoms with Crippen LogP contribution in [0.15, 0.2) is 18.5 Å². The van der Waals surface area contributed by atoms with Gasteiger partial charge in [0.25, 0.3) is 5.91 Å². The molecule has 0 unspecified atom stereocenters. The zero-order valence-corrected chi connectivity index (χ0v) is 7.09. The highest BCUT2D eigenvalue weighted by Crippen LogP contribution is 2.11. The number of amides is 1. The quantitative estimate of drug-likeness (QED) is 0.670. The molecule has 0 radical (unpaired) electrons. The van der Waals surface area contributed by atoms with Gasteiger partial charge >= 0.3 is 0 Å². The Morgan fingerprint density at radius 1 is 1.50 bits per heavy atom. The minimum Gasteiger partial charge on any atom is -0.386 e. The van der Waals surface area contributed by atoms with Gasteiger partial charge < -0.3 is 10.6 Å². The lowest BCUT2D eigenvalue weighted by Crippen LogP contribution is -2.19. The van der Waals surface area contributed by atoms with Crippen LogP contribution in [-0.2, 0) is 0 Å². The Labute approximate surface area is 71.0 Å². The van der Waals surface area contributed by atoms with Crippen molar-refractivity contribution in [3.05, 3.63) is 24.0 Å². The third-order valence-corrected chi connectivity index (χ3v) is 1.56. The van der Waals surface area contributed by atoms with Crippen LogP contribution >= 0.6 is 0 Å². The van der Waals surface area contributed by atoms with Crippen molar-refractivity contribution in [1.29, 1.82) is 0 Å². The van der Waals surface area contributed by atoms with Gasteiger partial charge in [0, 0.05) is 20.3 Å². The van der Waals surface area contributed by atoms with E-state index in [1.54, 1.807) is 32.6 Å². The van der Waals surface area contributed by atoms with E-state index in [4.69, 9.17) is 0 Å². The summed E-state index contributed by atoms with van der Waals surface area (Å²) in [5, 5.41) is 5.44. The molecule has 1 aromatic rings. The number of nitrogens with zero attached hydrogens (tertiary/aromatic N) is 1. The minimum atomic E-state index is -0.109. The molecule has 0 saturated carbocycles. The fraction of sp³-hybridized carbons (Fsp3) is 0.250. The number of hydrogen-bond acceptors (Lipinski definition) is 3. The van der Waals surface area contributed by atoms with Crippen molar-refractivity contribution in [2.24, 2.45) is 0 Å². The number of aromatic nitrogens is 1. The summed E-state index contributed by atoms with van der Waals surface area (Å²) in [5.74, 6) is -0.109. The van der Waals surface area contributed by atoms with E-state index in [0.717, 1.165) is 5.69 Å². The highest BCUT2D eigenvalue weighted by atomic mass is 16.1. The Morgan fingerprint density at radius 2 is 2.25 bits per heavy atom. The number of carbonyl (C=O) groups excluding carboxylic acids is 1. The van der Waals surface area contributed by atoms with Crippen LogP contribution in [-0.4, -0.2) is 25.0 Å². The standard InChI is InChI=1S/C8H11N3O/c1-9-7-5-11-4-3-6(7)8(12)10-2/h3-5,9H,1-2H3,(H,10,12). The van der Waals surface area contributed by atoms with E-state index >= 15 is 0 Å². The summed E-state index contributed by atoms with van der Waals surface area (Å²) in [6.07, 6.45) is 3.20. The zero-order valence-electron chi connectivity index (χ0n) is 7.09. The summed E-state index contributed by atoms with van der Waals surface area (Å²) in [5.41, 5.74) is 1.34. The molecule has 0 saturated heterocycles. The fourth-order valence-corrected chi connectivity index (χ4v) is 0.926. The summed E-state index contributed by atoms with van der Waals surface area (Å²) >= 11 is 0. The maximum Gasteiger partial charge on any atom is 0.253 e. The highest BCUT2D eigenvalue weighted by Gasteiger charge is 2.06. The van der Waals surface area contributed by atoms with Gasteiger partial charge in [-0.2, -0.15) is 0 Å². The molecule has 0 aliphatic rings. The number of nitrogens with one attached hydrogen (secondary N) is 2. The van der Waals surface area contributed by atoms with E-state index < -0.39 is 0 Å². The SMILES string of the molecule is CNC(=O)c1ccncc1NC. The second kappa shape index (κ2) is 3.71. The topological polar surface area (TPSA) is 54.0 Å². The van der Waals surface area contributed by atoms with Crippen LogP contribution in [0.1, 0.15) is 10.4 Å². The first-order valence-corrected chi connectivity index (χ1v) is 3.63. The molecule has 4 nitrogen and oxygen atoms in total. The van der Waals surface area contributed by atoms with Crippen molar-refractivity contribution in [1.82, 2.24) is 10.3 Å². The lowest BCUT2D eigenvalue weighted by atomic mass is 10.2. The molecule has 2 N–H and O–H groups in total. The molecule has 0 aromatic carbocycles. The number of anilines is 1. The van der Waals surface area contributed by atoms with Gasteiger partial charge in [0.05, 0.1) is 17.4 Å². The molecule has 64 valence electrons. The molecule has 1 rings (SSSR count). The van der Waals surface area contributed by atoms with E-state index in [0.29, 0.717) is 5.56 Å². The Hall–Kier alpha value is -1.58. The van der Waals surface area contributed by atoms with Gasteiger partial charge in [0.2, 0.25) is 0 Å². The van der Waals surface area contributed by atoms with E-state index in [-0.39, 0.29) is 5.91 Å². The van der Waals surface area contributed by atoms with Crippen molar-refractivity contribution in [3.8, 4) is 0 Å². The monoisotopic (exact) mass is 165 g/mol. The first kappa shape index (κ1) is 8.52. The molecule has 0 bridgehead atoms. The van der Waals surface area contributed by atoms with Gasteiger partial charge in [0.1, 0.15) is 0 Å². The van der Waals surface area contributed by atoms with Gasteiger partial charge in [-0.3, -0.25) is 9.78 Å². The van der Waals surface area contributed by atoms with Crippen LogP contribution < -0.4 is 10.6 Å². The van der Waals surface area contributed by atoms with Crippen LogP contribution in [0.3, 0.4) is 0 Å². The maximum atomic E-state index is 11.2. The average Bonchev–Trinajstić information content (AvgIpc) is 2.16. The molecular weight excluding hydrogens is 154 g/mol. The molecule has 12 heavy (non-hydrogen) atoms. The molecule has 4 heteroatoms. The molecule has 0 fully saturated rings. The molecule has 1 aromatic heterocycles. The minimum absolute atomic E-state index is 0.109. The Bertz CT molecular complexity index is 285. The molecule has 0 atom stereocenters. The molecule has 0 aliphatic carbocycles. The van der Waals surface area contributed by atoms with E-state index in [1.807, 2.05) is 0 Å². The summed E-state index contributed by atoms with van der Waals surface area (Å²) < 4.78 is 0. The normalized spacial score (nSPS) is 9.17. The maximum absolute atomic E-state index is 11.2. The third-order valence-electron chi connectivity index (χ3n) is 1.56. The molecule has 0 spiro atoms. The Kier molecular flexibility index (Phi) is 2.63. The van der Waals surface area contributed by atoms with Crippen LogP contribution in [0.2, 0.25) is 0 Å². The second-order valence-corrected chi connectivity index (χ2v) is 2.25. The van der Waals surface area contributed by atoms with Crippen molar-refractivity contribution >= 4 is 11.6 Å². The summed E-state index contributed by atoms with van der Waals surface area (Å²) in [4.78, 5) is 15.1. The number of pyridine rings is 1. The molecule has 0 aliphatic heterocycles. The Morgan fingerprint density at radius 3 is 2.83 bits per heavy atom. The van der Waals surface area contributed by atoms with Crippen LogP contribution in [0.4, 0.5) is 5.69 Å².